The third kappa shape index (κ3) is 1.93. The van der Waals surface area contributed by atoms with Crippen molar-refractivity contribution in [1.82, 2.24) is 4.90 Å². The summed E-state index contributed by atoms with van der Waals surface area (Å²) in [6.45, 7) is 9.75. The van der Waals surface area contributed by atoms with Gasteiger partial charge >= 0.3 is 0 Å². The highest BCUT2D eigenvalue weighted by Crippen LogP contribution is 2.47. The van der Waals surface area contributed by atoms with E-state index in [1.54, 1.807) is 7.11 Å². The highest BCUT2D eigenvalue weighted by atomic mass is 16.5. The molecule has 0 aromatic carbocycles. The Morgan fingerprint density at radius 3 is 2.53 bits per heavy atom. The molecule has 2 fully saturated rings. The molecule has 2 aliphatic rings. The molecule has 4 unspecified atom stereocenters. The Bertz CT molecular complexity index is 313. The molecule has 0 bridgehead atoms. The molecule has 4 atom stereocenters. The van der Waals surface area contributed by atoms with Crippen molar-refractivity contribution >= 4 is 5.78 Å². The maximum absolute atomic E-state index is 11.7. The molecular weight excluding hydrogens is 214 g/mol. The van der Waals surface area contributed by atoms with Crippen molar-refractivity contribution < 1.29 is 9.53 Å². The van der Waals surface area contributed by atoms with Crippen LogP contribution in [0.2, 0.25) is 0 Å². The largest absolute Gasteiger partial charge is 0.381 e. The summed E-state index contributed by atoms with van der Waals surface area (Å²) in [7, 11) is 1.80. The fraction of sp³-hybridized carbons (Fsp3) is 0.929. The first kappa shape index (κ1) is 13.0. The second-order valence-electron chi connectivity index (χ2n) is 6.28. The lowest BCUT2D eigenvalue weighted by Crippen LogP contribution is -2.66. The number of hydrogen-bond acceptors (Lipinski definition) is 3. The minimum atomic E-state index is 0.182. The van der Waals surface area contributed by atoms with Crippen LogP contribution < -0.4 is 0 Å². The van der Waals surface area contributed by atoms with Gasteiger partial charge in [0.25, 0.3) is 0 Å². The van der Waals surface area contributed by atoms with Gasteiger partial charge in [-0.25, -0.2) is 0 Å². The second-order valence-corrected chi connectivity index (χ2v) is 6.28. The number of carbonyl (C=O) groups excluding carboxylic acids is 1. The Kier molecular flexibility index (Phi) is 3.34. The lowest BCUT2D eigenvalue weighted by Gasteiger charge is -2.58. The molecule has 2 rings (SSSR count). The summed E-state index contributed by atoms with van der Waals surface area (Å²) in [4.78, 5) is 14.2. The normalized spacial score (nSPS) is 42.3. The fourth-order valence-corrected chi connectivity index (χ4v) is 3.49. The number of piperidine rings is 1. The monoisotopic (exact) mass is 239 g/mol. The molecule has 3 heteroatoms. The van der Waals surface area contributed by atoms with Gasteiger partial charge in [-0.1, -0.05) is 20.8 Å². The second kappa shape index (κ2) is 4.36. The summed E-state index contributed by atoms with van der Waals surface area (Å²) in [6.07, 6.45) is 2.19. The number of ether oxygens (including phenoxy) is 1. The molecule has 1 aliphatic carbocycles. The number of Topliss-reactive ketones (excluding diaryl/α,β-unsaturated/α-hetero) is 1. The summed E-state index contributed by atoms with van der Waals surface area (Å²) >= 11 is 0. The van der Waals surface area contributed by atoms with Crippen molar-refractivity contribution in [3.05, 3.63) is 0 Å². The van der Waals surface area contributed by atoms with Gasteiger partial charge in [0.05, 0.1) is 6.10 Å². The van der Waals surface area contributed by atoms with Gasteiger partial charge in [-0.15, -0.1) is 0 Å². The van der Waals surface area contributed by atoms with Crippen LogP contribution in [-0.2, 0) is 9.53 Å². The molecule has 0 aromatic rings. The Morgan fingerprint density at radius 2 is 2.00 bits per heavy atom. The van der Waals surface area contributed by atoms with E-state index in [2.05, 4.69) is 32.6 Å². The van der Waals surface area contributed by atoms with Crippen LogP contribution in [-0.4, -0.2) is 42.5 Å². The predicted octanol–water partition coefficient (Wildman–Crippen LogP) is 2.10. The van der Waals surface area contributed by atoms with Crippen LogP contribution in [0.1, 0.15) is 40.5 Å². The van der Waals surface area contributed by atoms with E-state index < -0.39 is 0 Å². The average molecular weight is 239 g/mol. The lowest BCUT2D eigenvalue weighted by molar-refractivity contribution is -0.160. The van der Waals surface area contributed by atoms with Crippen LogP contribution in [0, 0.1) is 11.3 Å². The number of nitrogens with zero attached hydrogens (tertiary/aromatic N) is 1. The molecule has 98 valence electrons. The standard InChI is InChI=1S/C14H25NO2/c1-9-10(2)15(7-6-11(9)16)12-8-13(17-5)14(12,3)4/h9-10,12-13H,6-8H2,1-5H3. The molecule has 0 radical (unpaired) electrons. The van der Waals surface area contributed by atoms with Crippen LogP contribution in [0.4, 0.5) is 0 Å². The van der Waals surface area contributed by atoms with Crippen LogP contribution in [0.15, 0.2) is 0 Å². The van der Waals surface area contributed by atoms with Gasteiger partial charge in [-0.2, -0.15) is 0 Å². The molecule has 1 saturated carbocycles. The van der Waals surface area contributed by atoms with Crippen LogP contribution in [0.25, 0.3) is 0 Å². The summed E-state index contributed by atoms with van der Waals surface area (Å²) < 4.78 is 5.51. The van der Waals surface area contributed by atoms with Crippen LogP contribution >= 0.6 is 0 Å². The number of hydrogen-bond donors (Lipinski definition) is 0. The van der Waals surface area contributed by atoms with E-state index >= 15 is 0 Å². The Balaban J connectivity index is 2.07. The Labute approximate surface area is 105 Å². The predicted molar refractivity (Wildman–Crippen MR) is 67.9 cm³/mol. The highest BCUT2D eigenvalue weighted by Gasteiger charge is 2.53. The maximum Gasteiger partial charge on any atom is 0.138 e. The van der Waals surface area contributed by atoms with E-state index in [-0.39, 0.29) is 11.3 Å². The zero-order valence-corrected chi connectivity index (χ0v) is 11.7. The molecule has 0 aromatic heterocycles. The summed E-state index contributed by atoms with van der Waals surface area (Å²) in [5, 5.41) is 0. The van der Waals surface area contributed by atoms with Gasteiger partial charge in [0.15, 0.2) is 0 Å². The zero-order valence-electron chi connectivity index (χ0n) is 11.7. The number of likely N-dealkylation sites (tertiary alicyclic amines) is 1. The molecule has 0 amide bonds. The fourth-order valence-electron chi connectivity index (χ4n) is 3.49. The van der Waals surface area contributed by atoms with Crippen molar-refractivity contribution in [1.29, 1.82) is 0 Å². The average Bonchev–Trinajstić information content (AvgIpc) is 2.28. The van der Waals surface area contributed by atoms with E-state index in [9.17, 15) is 4.79 Å². The van der Waals surface area contributed by atoms with Crippen LogP contribution in [0.3, 0.4) is 0 Å². The van der Waals surface area contributed by atoms with Crippen molar-refractivity contribution in [2.45, 2.75) is 58.7 Å². The topological polar surface area (TPSA) is 29.5 Å². The van der Waals surface area contributed by atoms with Crippen molar-refractivity contribution in [2.24, 2.45) is 11.3 Å². The first-order valence-electron chi connectivity index (χ1n) is 6.70. The summed E-state index contributed by atoms with van der Waals surface area (Å²) in [6, 6.07) is 0.941. The summed E-state index contributed by atoms with van der Waals surface area (Å²) in [5.41, 5.74) is 0.211. The highest BCUT2D eigenvalue weighted by molar-refractivity contribution is 5.82. The van der Waals surface area contributed by atoms with E-state index in [0.717, 1.165) is 19.4 Å². The van der Waals surface area contributed by atoms with E-state index in [1.807, 2.05) is 0 Å². The minimum Gasteiger partial charge on any atom is -0.381 e. The van der Waals surface area contributed by atoms with E-state index in [1.165, 1.54) is 0 Å². The quantitative estimate of drug-likeness (QED) is 0.739. The smallest absolute Gasteiger partial charge is 0.138 e. The molecule has 1 saturated heterocycles. The van der Waals surface area contributed by atoms with Crippen LogP contribution in [0.5, 0.6) is 0 Å². The third-order valence-corrected chi connectivity index (χ3v) is 5.18. The van der Waals surface area contributed by atoms with Gasteiger partial charge in [0, 0.05) is 43.5 Å². The number of rotatable bonds is 2. The molecule has 0 spiro atoms. The third-order valence-electron chi connectivity index (χ3n) is 5.18. The molecule has 1 aliphatic heterocycles. The van der Waals surface area contributed by atoms with Crippen molar-refractivity contribution in [3.63, 3.8) is 0 Å². The van der Waals surface area contributed by atoms with E-state index in [4.69, 9.17) is 4.74 Å². The van der Waals surface area contributed by atoms with Crippen molar-refractivity contribution in [3.8, 4) is 0 Å². The SMILES string of the molecule is COC1CC(N2CCC(=O)C(C)C2C)C1(C)C. The van der Waals surface area contributed by atoms with Gasteiger partial charge in [0.1, 0.15) is 5.78 Å². The first-order chi connectivity index (χ1) is 7.89. The maximum atomic E-state index is 11.7. The van der Waals surface area contributed by atoms with Gasteiger partial charge in [-0.05, 0) is 13.3 Å². The molecule has 1 heterocycles. The number of ketones is 1. The number of carbonyl (C=O) groups is 1. The Hall–Kier alpha value is -0.410. The minimum absolute atomic E-state index is 0.182. The molecule has 17 heavy (non-hydrogen) atoms. The molecule has 3 nitrogen and oxygen atoms in total. The number of methoxy groups -OCH3 is 1. The lowest BCUT2D eigenvalue weighted by atomic mass is 9.63. The van der Waals surface area contributed by atoms with Gasteiger partial charge in [0.2, 0.25) is 0 Å². The van der Waals surface area contributed by atoms with Crippen molar-refractivity contribution in [2.75, 3.05) is 13.7 Å². The first-order valence-corrected chi connectivity index (χ1v) is 6.70. The molecule has 0 N–H and O–H groups in total. The molecular formula is C14H25NO2. The zero-order chi connectivity index (χ0) is 12.8. The van der Waals surface area contributed by atoms with Gasteiger partial charge < -0.3 is 4.74 Å². The van der Waals surface area contributed by atoms with E-state index in [0.29, 0.717) is 24.0 Å². The van der Waals surface area contributed by atoms with Gasteiger partial charge in [-0.3, -0.25) is 9.69 Å². The Morgan fingerprint density at radius 1 is 1.35 bits per heavy atom. The summed E-state index contributed by atoms with van der Waals surface area (Å²) in [5.74, 6) is 0.607.